The van der Waals surface area contributed by atoms with Crippen molar-refractivity contribution in [2.24, 2.45) is 0 Å². The molecule has 1 atom stereocenters. The number of rotatable bonds is 5. The third-order valence-corrected chi connectivity index (χ3v) is 6.39. The summed E-state index contributed by atoms with van der Waals surface area (Å²) in [5, 5.41) is 3.48. The molecule has 1 N–H and O–H groups in total. The predicted molar refractivity (Wildman–Crippen MR) is 117 cm³/mol. The van der Waals surface area contributed by atoms with Crippen LogP contribution in [-0.4, -0.2) is 33.2 Å². The summed E-state index contributed by atoms with van der Waals surface area (Å²) in [7, 11) is -3.22. The molecule has 5 nitrogen and oxygen atoms in total. The van der Waals surface area contributed by atoms with Gasteiger partial charge in [-0.3, -0.25) is 4.79 Å². The van der Waals surface area contributed by atoms with E-state index in [4.69, 9.17) is 16.3 Å². The van der Waals surface area contributed by atoms with Crippen molar-refractivity contribution < 1.29 is 17.9 Å². The zero-order chi connectivity index (χ0) is 21.3. The smallest absolute Gasteiger partial charge is 0.251 e. The summed E-state index contributed by atoms with van der Waals surface area (Å²) in [5.41, 5.74) is 3.54. The Morgan fingerprint density at radius 2 is 1.70 bits per heavy atom. The molecule has 0 saturated heterocycles. The van der Waals surface area contributed by atoms with Crippen molar-refractivity contribution in [3.63, 3.8) is 0 Å². The fourth-order valence-electron chi connectivity index (χ4n) is 3.42. The molecule has 0 aliphatic carbocycles. The minimum atomic E-state index is -3.22. The highest BCUT2D eigenvalue weighted by molar-refractivity contribution is 7.90. The Hall–Kier alpha value is -2.83. The van der Waals surface area contributed by atoms with E-state index in [1.54, 1.807) is 48.5 Å². The third kappa shape index (κ3) is 4.50. The highest BCUT2D eigenvalue weighted by Gasteiger charge is 2.24. The second kappa shape index (κ2) is 8.13. The quantitative estimate of drug-likeness (QED) is 0.645. The van der Waals surface area contributed by atoms with Crippen molar-refractivity contribution in [1.82, 2.24) is 5.32 Å². The molecule has 0 spiro atoms. The van der Waals surface area contributed by atoms with E-state index in [0.29, 0.717) is 28.4 Å². The van der Waals surface area contributed by atoms with Gasteiger partial charge in [-0.15, -0.1) is 0 Å². The van der Waals surface area contributed by atoms with Gasteiger partial charge in [0.15, 0.2) is 9.84 Å². The van der Waals surface area contributed by atoms with E-state index in [-0.39, 0.29) is 12.0 Å². The molecule has 0 fully saturated rings. The molecule has 3 aromatic rings. The maximum Gasteiger partial charge on any atom is 0.251 e. The summed E-state index contributed by atoms with van der Waals surface area (Å²) < 4.78 is 29.2. The Morgan fingerprint density at radius 1 is 1.03 bits per heavy atom. The van der Waals surface area contributed by atoms with Gasteiger partial charge < -0.3 is 10.1 Å². The molecule has 4 rings (SSSR count). The molecular formula is C23H20ClNO4S. The second-order valence-electron chi connectivity index (χ2n) is 7.28. The van der Waals surface area contributed by atoms with Crippen LogP contribution in [0.5, 0.6) is 5.75 Å². The average Bonchev–Trinajstić information content (AvgIpc) is 3.14. The zero-order valence-corrected chi connectivity index (χ0v) is 17.8. The van der Waals surface area contributed by atoms with Crippen LogP contribution in [0, 0.1) is 0 Å². The average molecular weight is 442 g/mol. The summed E-state index contributed by atoms with van der Waals surface area (Å²) in [4.78, 5) is 12.6. The van der Waals surface area contributed by atoms with Crippen molar-refractivity contribution in [3.05, 3.63) is 82.9 Å². The van der Waals surface area contributed by atoms with E-state index < -0.39 is 9.84 Å². The fraction of sp³-hybridized carbons (Fsp3) is 0.174. The summed E-state index contributed by atoms with van der Waals surface area (Å²) >= 11 is 5.85. The lowest BCUT2D eigenvalue weighted by molar-refractivity contribution is 0.0933. The Morgan fingerprint density at radius 3 is 2.37 bits per heavy atom. The van der Waals surface area contributed by atoms with E-state index in [1.165, 1.54) is 6.26 Å². The van der Waals surface area contributed by atoms with E-state index in [9.17, 15) is 13.2 Å². The minimum absolute atomic E-state index is 0.140. The van der Waals surface area contributed by atoms with Crippen LogP contribution in [-0.2, 0) is 16.3 Å². The molecule has 1 aliphatic rings. The number of benzene rings is 3. The van der Waals surface area contributed by atoms with Crippen molar-refractivity contribution >= 4 is 27.3 Å². The molecule has 154 valence electrons. The number of carbonyl (C=O) groups excluding carboxylic acids is 1. The molecule has 1 aliphatic heterocycles. The molecule has 1 heterocycles. The number of fused-ring (bicyclic) bond motifs is 1. The van der Waals surface area contributed by atoms with Crippen LogP contribution in [0.4, 0.5) is 0 Å². The maximum atomic E-state index is 12.3. The van der Waals surface area contributed by atoms with Crippen LogP contribution in [0.2, 0.25) is 5.02 Å². The SMILES string of the molecule is CS(=O)(=O)c1ccc(-c2ccc3c(c2)C[C@@H](CNC(=O)c2ccc(Cl)cc2)O3)cc1. The number of carbonyl (C=O) groups is 1. The van der Waals surface area contributed by atoms with Crippen molar-refractivity contribution in [1.29, 1.82) is 0 Å². The van der Waals surface area contributed by atoms with E-state index in [0.717, 1.165) is 22.4 Å². The van der Waals surface area contributed by atoms with Crippen LogP contribution in [0.15, 0.2) is 71.6 Å². The van der Waals surface area contributed by atoms with Gasteiger partial charge in [0.05, 0.1) is 11.4 Å². The molecule has 30 heavy (non-hydrogen) atoms. The summed E-state index contributed by atoms with van der Waals surface area (Å²) in [6, 6.07) is 19.5. The third-order valence-electron chi connectivity index (χ3n) is 5.01. The molecule has 0 aromatic heterocycles. The van der Waals surface area contributed by atoms with E-state index in [2.05, 4.69) is 5.32 Å². The van der Waals surface area contributed by atoms with Gasteiger partial charge >= 0.3 is 0 Å². The topological polar surface area (TPSA) is 72.5 Å². The van der Waals surface area contributed by atoms with Crippen LogP contribution in [0.25, 0.3) is 11.1 Å². The standard InChI is InChI=1S/C23H20ClNO4S/c1-30(27,28)21-9-4-15(5-10-21)17-6-11-22-18(12-17)13-20(29-22)14-25-23(26)16-2-7-19(24)8-3-16/h2-12,20H,13-14H2,1H3,(H,25,26)/t20-/m0/s1. The molecule has 0 saturated carbocycles. The number of ether oxygens (including phenoxy) is 1. The Bertz CT molecular complexity index is 1190. The number of sulfone groups is 1. The highest BCUT2D eigenvalue weighted by atomic mass is 35.5. The van der Waals surface area contributed by atoms with Gasteiger partial charge in [-0.05, 0) is 65.2 Å². The monoisotopic (exact) mass is 441 g/mol. The first-order valence-electron chi connectivity index (χ1n) is 9.43. The molecule has 0 radical (unpaired) electrons. The lowest BCUT2D eigenvalue weighted by Gasteiger charge is -2.12. The molecular weight excluding hydrogens is 422 g/mol. The molecule has 7 heteroatoms. The van der Waals surface area contributed by atoms with Gasteiger partial charge in [0.25, 0.3) is 5.91 Å². The number of hydrogen-bond acceptors (Lipinski definition) is 4. The first kappa shape index (κ1) is 20.4. The fourth-order valence-corrected chi connectivity index (χ4v) is 4.17. The van der Waals surface area contributed by atoms with Crippen molar-refractivity contribution in [2.45, 2.75) is 17.4 Å². The van der Waals surface area contributed by atoms with Gasteiger partial charge in [0.1, 0.15) is 11.9 Å². The predicted octanol–water partition coefficient (Wildman–Crippen LogP) is 4.14. The maximum absolute atomic E-state index is 12.3. The first-order valence-corrected chi connectivity index (χ1v) is 11.7. The molecule has 1 amide bonds. The lowest BCUT2D eigenvalue weighted by Crippen LogP contribution is -2.34. The van der Waals surface area contributed by atoms with Crippen LogP contribution in [0.1, 0.15) is 15.9 Å². The van der Waals surface area contributed by atoms with Crippen molar-refractivity contribution in [3.8, 4) is 16.9 Å². The van der Waals surface area contributed by atoms with Gasteiger partial charge in [0.2, 0.25) is 0 Å². The van der Waals surface area contributed by atoms with Gasteiger partial charge in [-0.1, -0.05) is 29.8 Å². The van der Waals surface area contributed by atoms with Crippen LogP contribution < -0.4 is 10.1 Å². The molecule has 0 bridgehead atoms. The normalized spacial score (nSPS) is 15.3. The number of hydrogen-bond donors (Lipinski definition) is 1. The van der Waals surface area contributed by atoms with E-state index in [1.807, 2.05) is 18.2 Å². The van der Waals surface area contributed by atoms with Crippen LogP contribution >= 0.6 is 11.6 Å². The zero-order valence-electron chi connectivity index (χ0n) is 16.3. The second-order valence-corrected chi connectivity index (χ2v) is 9.73. The lowest BCUT2D eigenvalue weighted by atomic mass is 10.0. The van der Waals surface area contributed by atoms with E-state index >= 15 is 0 Å². The summed E-state index contributed by atoms with van der Waals surface area (Å²) in [5.74, 6) is 0.634. The minimum Gasteiger partial charge on any atom is -0.488 e. The van der Waals surface area contributed by atoms with Crippen LogP contribution in [0.3, 0.4) is 0 Å². The van der Waals surface area contributed by atoms with Gasteiger partial charge in [-0.2, -0.15) is 0 Å². The van der Waals surface area contributed by atoms with Crippen molar-refractivity contribution in [2.75, 3.05) is 12.8 Å². The number of amides is 1. The van der Waals surface area contributed by atoms with Gasteiger partial charge in [0, 0.05) is 23.3 Å². The Labute approximate surface area is 180 Å². The largest absolute Gasteiger partial charge is 0.488 e. The molecule has 3 aromatic carbocycles. The summed E-state index contributed by atoms with van der Waals surface area (Å²) in [6.45, 7) is 0.397. The first-order chi connectivity index (χ1) is 14.3. The summed E-state index contributed by atoms with van der Waals surface area (Å²) in [6.07, 6.45) is 1.74. The molecule has 0 unspecified atom stereocenters. The highest BCUT2D eigenvalue weighted by Crippen LogP contribution is 2.33. The number of halogens is 1. The Kier molecular flexibility index (Phi) is 5.54. The Balaban J connectivity index is 1.41. The number of nitrogens with one attached hydrogen (secondary N) is 1. The van der Waals surface area contributed by atoms with Gasteiger partial charge in [-0.25, -0.2) is 8.42 Å².